The average molecular weight is 830 g/mol. The first-order chi connectivity index (χ1) is 32.0. The lowest BCUT2D eigenvalue weighted by Crippen LogP contribution is -2.41. The van der Waals surface area contributed by atoms with E-state index >= 15 is 0 Å². The van der Waals surface area contributed by atoms with E-state index < -0.39 is 5.41 Å². The fourth-order valence-corrected chi connectivity index (χ4v) is 11.3. The van der Waals surface area contributed by atoms with E-state index in [0.717, 1.165) is 17.1 Å². The molecule has 12 rings (SSSR count). The maximum atomic E-state index is 2.43. The van der Waals surface area contributed by atoms with Gasteiger partial charge in [-0.25, -0.2) is 0 Å². The van der Waals surface area contributed by atoms with Gasteiger partial charge in [-0.15, -0.1) is 0 Å². The zero-order valence-corrected chi connectivity index (χ0v) is 36.6. The largest absolute Gasteiger partial charge is 0.311 e. The lowest BCUT2D eigenvalue weighted by Gasteiger charge is -2.47. The van der Waals surface area contributed by atoms with Gasteiger partial charge in [-0.1, -0.05) is 226 Å². The molecule has 0 N–H and O–H groups in total. The van der Waals surface area contributed by atoms with Gasteiger partial charge in [-0.2, -0.15) is 0 Å². The van der Waals surface area contributed by atoms with Crippen molar-refractivity contribution < 1.29 is 0 Å². The average Bonchev–Trinajstić information content (AvgIpc) is 3.68. The summed E-state index contributed by atoms with van der Waals surface area (Å²) in [5.74, 6) is 0. The molecule has 0 bridgehead atoms. The molecule has 1 nitrogen and oxygen atoms in total. The molecule has 308 valence electrons. The highest BCUT2D eigenvalue weighted by Gasteiger charge is 2.54. The molecule has 1 spiro atoms. The summed E-state index contributed by atoms with van der Waals surface area (Å²) in [7, 11) is 0. The van der Waals surface area contributed by atoms with Crippen molar-refractivity contribution >= 4 is 17.1 Å². The number of hydrogen-bond acceptors (Lipinski definition) is 1. The van der Waals surface area contributed by atoms with Crippen molar-refractivity contribution in [3.63, 3.8) is 0 Å². The van der Waals surface area contributed by atoms with Crippen molar-refractivity contribution in [3.05, 3.63) is 282 Å². The summed E-state index contributed by atoms with van der Waals surface area (Å²) < 4.78 is 0. The highest BCUT2D eigenvalue weighted by Crippen LogP contribution is 2.64. The van der Waals surface area contributed by atoms with E-state index in [1.165, 1.54) is 89.0 Å². The van der Waals surface area contributed by atoms with Gasteiger partial charge in [0, 0.05) is 22.5 Å². The summed E-state index contributed by atoms with van der Waals surface area (Å²) in [6, 6.07) is 91.8. The Morgan fingerprint density at radius 2 is 0.631 bits per heavy atom. The zero-order chi connectivity index (χ0) is 43.5. The topological polar surface area (TPSA) is 3.24 Å². The van der Waals surface area contributed by atoms with Crippen molar-refractivity contribution in [1.82, 2.24) is 0 Å². The van der Waals surface area contributed by atoms with Crippen LogP contribution in [-0.2, 0) is 10.8 Å². The second-order valence-electron chi connectivity index (χ2n) is 18.0. The molecule has 10 aromatic carbocycles. The summed E-state index contributed by atoms with van der Waals surface area (Å²) in [5, 5.41) is 0. The highest BCUT2D eigenvalue weighted by molar-refractivity contribution is 5.97. The Balaban J connectivity index is 1.02. The predicted molar refractivity (Wildman–Crippen MR) is 272 cm³/mol. The lowest BCUT2D eigenvalue weighted by molar-refractivity contribution is 0.565. The molecular formula is C64H47N. The molecule has 0 saturated heterocycles. The Hall–Kier alpha value is -8.00. The molecule has 1 heteroatoms. The van der Waals surface area contributed by atoms with Crippen molar-refractivity contribution in [1.29, 1.82) is 0 Å². The molecule has 2 aliphatic carbocycles. The summed E-state index contributed by atoms with van der Waals surface area (Å²) in [6.45, 7) is 4.86. The maximum Gasteiger partial charge on any atom is 0.0719 e. The van der Waals surface area contributed by atoms with Gasteiger partial charge in [0.05, 0.1) is 5.41 Å². The Morgan fingerprint density at radius 1 is 0.262 bits per heavy atom. The van der Waals surface area contributed by atoms with Gasteiger partial charge in [0.1, 0.15) is 0 Å². The zero-order valence-electron chi connectivity index (χ0n) is 36.6. The number of nitrogens with zero attached hydrogens (tertiary/aromatic N) is 1. The Morgan fingerprint density at radius 3 is 1.18 bits per heavy atom. The van der Waals surface area contributed by atoms with Gasteiger partial charge in [0.2, 0.25) is 0 Å². The van der Waals surface area contributed by atoms with Crippen molar-refractivity contribution in [2.45, 2.75) is 24.7 Å². The van der Waals surface area contributed by atoms with Crippen molar-refractivity contribution in [2.75, 3.05) is 4.90 Å². The van der Waals surface area contributed by atoms with Gasteiger partial charge in [0.25, 0.3) is 0 Å². The second-order valence-corrected chi connectivity index (χ2v) is 18.0. The normalized spacial score (nSPS) is 15.1. The molecule has 1 atom stereocenters. The van der Waals surface area contributed by atoms with Gasteiger partial charge < -0.3 is 4.90 Å². The molecule has 2 aliphatic rings. The second kappa shape index (κ2) is 15.4. The van der Waals surface area contributed by atoms with Crippen LogP contribution in [0.25, 0.3) is 55.6 Å². The molecule has 0 fully saturated rings. The van der Waals surface area contributed by atoms with Crippen LogP contribution in [0.3, 0.4) is 0 Å². The first-order valence-electron chi connectivity index (χ1n) is 22.8. The lowest BCUT2D eigenvalue weighted by atomic mass is 9.54. The van der Waals surface area contributed by atoms with Crippen LogP contribution in [0.15, 0.2) is 249 Å². The van der Waals surface area contributed by atoms with Crippen LogP contribution in [0.2, 0.25) is 0 Å². The van der Waals surface area contributed by atoms with Crippen LogP contribution in [-0.4, -0.2) is 0 Å². The van der Waals surface area contributed by atoms with Gasteiger partial charge in [0.15, 0.2) is 0 Å². The fourth-order valence-electron chi connectivity index (χ4n) is 11.3. The van der Waals surface area contributed by atoms with E-state index in [2.05, 4.69) is 267 Å². The fraction of sp³-hybridized carbons (Fsp3) is 0.0625. The minimum atomic E-state index is -0.497. The molecule has 65 heavy (non-hydrogen) atoms. The molecule has 0 saturated carbocycles. The maximum absolute atomic E-state index is 2.43. The standard InChI is InChI=1S/C64H47N/c1-63(2)57-28-14-15-29-58(57)64(56-27-13-12-24-55(56)61-53(25-16-30-59(61)64)48-22-10-5-11-23-48)60-31-17-26-54(62(60)63)49-36-42-52(43-37-49)65(50-38-32-46(33-39-50)44-18-6-3-7-19-44)51-40-34-47(35-41-51)45-20-8-4-9-21-45/h3-43H,1-2H3. The third kappa shape index (κ3) is 6.07. The highest BCUT2D eigenvalue weighted by atomic mass is 15.1. The van der Waals surface area contributed by atoms with Gasteiger partial charge in [-0.3, -0.25) is 0 Å². The number of hydrogen-bond donors (Lipinski definition) is 0. The van der Waals surface area contributed by atoms with Crippen LogP contribution in [0, 0.1) is 0 Å². The van der Waals surface area contributed by atoms with E-state index in [0.29, 0.717) is 0 Å². The Bertz CT molecular complexity index is 3270. The van der Waals surface area contributed by atoms with Crippen LogP contribution in [0.5, 0.6) is 0 Å². The molecule has 1 unspecified atom stereocenters. The molecule has 0 radical (unpaired) electrons. The minimum Gasteiger partial charge on any atom is -0.311 e. The molecular weight excluding hydrogens is 783 g/mol. The van der Waals surface area contributed by atoms with Crippen LogP contribution in [0.4, 0.5) is 17.1 Å². The number of benzene rings is 10. The monoisotopic (exact) mass is 829 g/mol. The van der Waals surface area contributed by atoms with Gasteiger partial charge >= 0.3 is 0 Å². The molecule has 0 aromatic heterocycles. The number of fused-ring (bicyclic) bond motifs is 9. The molecule has 10 aromatic rings. The van der Waals surface area contributed by atoms with E-state index in [9.17, 15) is 0 Å². The summed E-state index contributed by atoms with van der Waals surface area (Å²) in [5.41, 5.74) is 23.2. The van der Waals surface area contributed by atoms with E-state index in [1.54, 1.807) is 0 Å². The summed E-state index contributed by atoms with van der Waals surface area (Å²) in [6.07, 6.45) is 0. The Labute approximate surface area is 382 Å². The third-order valence-corrected chi connectivity index (χ3v) is 14.2. The predicted octanol–water partition coefficient (Wildman–Crippen LogP) is 16.8. The molecule has 0 amide bonds. The quantitative estimate of drug-likeness (QED) is 0.155. The summed E-state index contributed by atoms with van der Waals surface area (Å²) >= 11 is 0. The molecule has 0 aliphatic heterocycles. The van der Waals surface area contributed by atoms with Crippen molar-refractivity contribution in [3.8, 4) is 55.6 Å². The number of rotatable bonds is 7. The third-order valence-electron chi connectivity index (χ3n) is 14.2. The molecule has 0 heterocycles. The van der Waals surface area contributed by atoms with E-state index in [1.807, 2.05) is 0 Å². The summed E-state index contributed by atoms with van der Waals surface area (Å²) in [4.78, 5) is 2.37. The first kappa shape index (κ1) is 38.7. The van der Waals surface area contributed by atoms with Gasteiger partial charge in [-0.05, 0) is 125 Å². The first-order valence-corrected chi connectivity index (χ1v) is 22.8. The van der Waals surface area contributed by atoms with E-state index in [-0.39, 0.29) is 5.41 Å². The minimum absolute atomic E-state index is 0.284. The smallest absolute Gasteiger partial charge is 0.0719 e. The SMILES string of the molecule is CC1(C)c2ccccc2C2(c3ccccc3-c3c(-c4ccccc4)cccc32)c2cccc(-c3ccc(N(c4ccc(-c5ccccc5)cc4)c4ccc(-c5ccccc5)cc4)cc3)c21. The van der Waals surface area contributed by atoms with Crippen LogP contribution < -0.4 is 4.90 Å². The number of anilines is 3. The van der Waals surface area contributed by atoms with Crippen LogP contribution >= 0.6 is 0 Å². The van der Waals surface area contributed by atoms with E-state index in [4.69, 9.17) is 0 Å². The van der Waals surface area contributed by atoms with Crippen molar-refractivity contribution in [2.24, 2.45) is 0 Å². The van der Waals surface area contributed by atoms with Crippen LogP contribution in [0.1, 0.15) is 47.2 Å². The Kier molecular flexibility index (Phi) is 9.14.